The van der Waals surface area contributed by atoms with E-state index < -0.39 is 0 Å². The molecule has 3 unspecified atom stereocenters. The lowest BCUT2D eigenvalue weighted by molar-refractivity contribution is -0.160. The molecule has 1 aliphatic heterocycles. The predicted molar refractivity (Wildman–Crippen MR) is 75.7 cm³/mol. The highest BCUT2D eigenvalue weighted by Crippen LogP contribution is 2.23. The molecule has 1 aliphatic rings. The zero-order chi connectivity index (χ0) is 14.4. The second kappa shape index (κ2) is 7.85. The summed E-state index contributed by atoms with van der Waals surface area (Å²) in [5.41, 5.74) is 5.72. The number of esters is 1. The lowest BCUT2D eigenvalue weighted by atomic mass is 9.94. The van der Waals surface area contributed by atoms with Gasteiger partial charge in [-0.3, -0.25) is 4.79 Å². The van der Waals surface area contributed by atoms with E-state index in [0.29, 0.717) is 18.9 Å². The van der Waals surface area contributed by atoms with Gasteiger partial charge in [-0.15, -0.1) is 0 Å². The monoisotopic (exact) mass is 271 g/mol. The second-order valence-corrected chi connectivity index (χ2v) is 6.28. The van der Waals surface area contributed by atoms with Gasteiger partial charge in [0.1, 0.15) is 6.10 Å². The number of carbonyl (C=O) groups is 1. The summed E-state index contributed by atoms with van der Waals surface area (Å²) >= 11 is 0. The SMILES string of the molecule is CC(C)CC(CN)CC(=O)OC1CC(C)OC(C)C1. The van der Waals surface area contributed by atoms with E-state index in [4.69, 9.17) is 15.2 Å². The Morgan fingerprint density at radius 1 is 1.32 bits per heavy atom. The first-order chi connectivity index (χ1) is 8.90. The fraction of sp³-hybridized carbons (Fsp3) is 0.933. The highest BCUT2D eigenvalue weighted by atomic mass is 16.6. The summed E-state index contributed by atoms with van der Waals surface area (Å²) in [5, 5.41) is 0. The molecule has 19 heavy (non-hydrogen) atoms. The van der Waals surface area contributed by atoms with Crippen molar-refractivity contribution >= 4 is 5.97 Å². The molecule has 0 aromatic heterocycles. The minimum absolute atomic E-state index is 0.00345. The second-order valence-electron chi connectivity index (χ2n) is 6.28. The maximum atomic E-state index is 12.0. The van der Waals surface area contributed by atoms with Gasteiger partial charge < -0.3 is 15.2 Å². The van der Waals surface area contributed by atoms with Gasteiger partial charge in [0.05, 0.1) is 12.2 Å². The number of rotatable bonds is 6. The van der Waals surface area contributed by atoms with Gasteiger partial charge in [-0.25, -0.2) is 0 Å². The number of carbonyl (C=O) groups excluding carboxylic acids is 1. The molecule has 4 nitrogen and oxygen atoms in total. The van der Waals surface area contributed by atoms with Crippen LogP contribution in [-0.4, -0.2) is 30.8 Å². The molecular weight excluding hydrogens is 242 g/mol. The number of hydrogen-bond donors (Lipinski definition) is 1. The summed E-state index contributed by atoms with van der Waals surface area (Å²) in [6, 6.07) is 0. The van der Waals surface area contributed by atoms with Gasteiger partial charge in [-0.2, -0.15) is 0 Å². The average Bonchev–Trinajstić information content (AvgIpc) is 2.25. The maximum absolute atomic E-state index is 12.0. The van der Waals surface area contributed by atoms with Crippen molar-refractivity contribution in [2.75, 3.05) is 6.54 Å². The van der Waals surface area contributed by atoms with Gasteiger partial charge in [0, 0.05) is 19.3 Å². The Labute approximate surface area is 117 Å². The summed E-state index contributed by atoms with van der Waals surface area (Å²) in [4.78, 5) is 12.0. The Hall–Kier alpha value is -0.610. The molecule has 0 amide bonds. The van der Waals surface area contributed by atoms with Crippen LogP contribution in [0.2, 0.25) is 0 Å². The molecule has 112 valence electrons. The first-order valence-electron chi connectivity index (χ1n) is 7.45. The molecule has 0 aromatic carbocycles. The van der Waals surface area contributed by atoms with E-state index in [1.807, 2.05) is 13.8 Å². The third-order valence-corrected chi connectivity index (χ3v) is 3.55. The van der Waals surface area contributed by atoms with E-state index in [1.54, 1.807) is 0 Å². The van der Waals surface area contributed by atoms with E-state index in [0.717, 1.165) is 19.3 Å². The molecule has 0 aromatic rings. The van der Waals surface area contributed by atoms with Crippen LogP contribution in [0.25, 0.3) is 0 Å². The van der Waals surface area contributed by atoms with Crippen LogP contribution in [0, 0.1) is 11.8 Å². The summed E-state index contributed by atoms with van der Waals surface area (Å²) in [5.74, 6) is 0.689. The third kappa shape index (κ3) is 6.39. The topological polar surface area (TPSA) is 61.6 Å². The van der Waals surface area contributed by atoms with Crippen molar-refractivity contribution in [1.29, 1.82) is 0 Å². The lowest BCUT2D eigenvalue weighted by Crippen LogP contribution is -2.35. The molecule has 0 aliphatic carbocycles. The Balaban J connectivity index is 2.37. The van der Waals surface area contributed by atoms with Crippen molar-refractivity contribution < 1.29 is 14.3 Å². The van der Waals surface area contributed by atoms with Crippen molar-refractivity contribution in [1.82, 2.24) is 0 Å². The third-order valence-electron chi connectivity index (χ3n) is 3.55. The predicted octanol–water partition coefficient (Wildman–Crippen LogP) is 2.50. The molecule has 0 bridgehead atoms. The van der Waals surface area contributed by atoms with E-state index in [-0.39, 0.29) is 30.2 Å². The summed E-state index contributed by atoms with van der Waals surface area (Å²) in [6.07, 6.45) is 3.36. The Morgan fingerprint density at radius 3 is 2.37 bits per heavy atom. The molecule has 2 N–H and O–H groups in total. The van der Waals surface area contributed by atoms with E-state index in [2.05, 4.69) is 13.8 Å². The zero-order valence-electron chi connectivity index (χ0n) is 12.7. The highest BCUT2D eigenvalue weighted by Gasteiger charge is 2.27. The van der Waals surface area contributed by atoms with Crippen LogP contribution >= 0.6 is 0 Å². The van der Waals surface area contributed by atoms with Crippen LogP contribution in [0.5, 0.6) is 0 Å². The fourth-order valence-electron chi connectivity index (χ4n) is 2.84. The molecular formula is C15H29NO3. The largest absolute Gasteiger partial charge is 0.462 e. The summed E-state index contributed by atoms with van der Waals surface area (Å²) < 4.78 is 11.2. The number of ether oxygens (including phenoxy) is 2. The molecule has 1 rings (SSSR count). The normalized spacial score (nSPS) is 29.3. The van der Waals surface area contributed by atoms with E-state index in [9.17, 15) is 4.79 Å². The number of hydrogen-bond acceptors (Lipinski definition) is 4. The van der Waals surface area contributed by atoms with Gasteiger partial charge in [-0.1, -0.05) is 13.8 Å². The van der Waals surface area contributed by atoms with Crippen LogP contribution in [0.3, 0.4) is 0 Å². The van der Waals surface area contributed by atoms with Gasteiger partial charge >= 0.3 is 5.97 Å². The van der Waals surface area contributed by atoms with Crippen molar-refractivity contribution in [3.63, 3.8) is 0 Å². The summed E-state index contributed by atoms with van der Waals surface area (Å²) in [6.45, 7) is 8.90. The average molecular weight is 271 g/mol. The molecule has 3 atom stereocenters. The minimum atomic E-state index is -0.109. The van der Waals surface area contributed by atoms with Crippen molar-refractivity contribution in [3.8, 4) is 0 Å². The summed E-state index contributed by atoms with van der Waals surface area (Å²) in [7, 11) is 0. The molecule has 1 heterocycles. The maximum Gasteiger partial charge on any atom is 0.306 e. The Kier molecular flexibility index (Phi) is 6.80. The van der Waals surface area contributed by atoms with Crippen LogP contribution in [0.15, 0.2) is 0 Å². The van der Waals surface area contributed by atoms with Crippen molar-refractivity contribution in [2.45, 2.75) is 71.7 Å². The number of nitrogens with two attached hydrogens (primary N) is 1. The van der Waals surface area contributed by atoms with Crippen molar-refractivity contribution in [2.24, 2.45) is 17.6 Å². The first kappa shape index (κ1) is 16.4. The van der Waals surface area contributed by atoms with E-state index >= 15 is 0 Å². The molecule has 0 spiro atoms. The van der Waals surface area contributed by atoms with Crippen molar-refractivity contribution in [3.05, 3.63) is 0 Å². The Morgan fingerprint density at radius 2 is 1.89 bits per heavy atom. The first-order valence-corrected chi connectivity index (χ1v) is 7.45. The van der Waals surface area contributed by atoms with E-state index in [1.165, 1.54) is 0 Å². The Bertz CT molecular complexity index is 271. The molecule has 0 radical (unpaired) electrons. The minimum Gasteiger partial charge on any atom is -0.462 e. The quantitative estimate of drug-likeness (QED) is 0.754. The smallest absolute Gasteiger partial charge is 0.306 e. The fourth-order valence-corrected chi connectivity index (χ4v) is 2.84. The van der Waals surface area contributed by atoms with Crippen LogP contribution in [-0.2, 0) is 14.3 Å². The van der Waals surface area contributed by atoms with Crippen LogP contribution < -0.4 is 5.73 Å². The van der Waals surface area contributed by atoms with Gasteiger partial charge in [0.15, 0.2) is 0 Å². The zero-order valence-corrected chi connectivity index (χ0v) is 12.7. The molecule has 4 heteroatoms. The molecule has 0 saturated carbocycles. The molecule has 1 fully saturated rings. The molecule has 1 saturated heterocycles. The van der Waals surface area contributed by atoms with Gasteiger partial charge in [-0.05, 0) is 38.6 Å². The van der Waals surface area contributed by atoms with Gasteiger partial charge in [0.2, 0.25) is 0 Å². The lowest BCUT2D eigenvalue weighted by Gasteiger charge is -2.32. The van der Waals surface area contributed by atoms with Crippen LogP contribution in [0.1, 0.15) is 53.4 Å². The standard InChI is InChI=1S/C15H29NO3/c1-10(2)5-13(9-16)8-15(17)19-14-6-11(3)18-12(4)7-14/h10-14H,5-9,16H2,1-4H3. The van der Waals surface area contributed by atoms with Crippen LogP contribution in [0.4, 0.5) is 0 Å². The van der Waals surface area contributed by atoms with Gasteiger partial charge in [0.25, 0.3) is 0 Å². The highest BCUT2D eigenvalue weighted by molar-refractivity contribution is 5.69.